The van der Waals surface area contributed by atoms with Gasteiger partial charge in [-0.25, -0.2) is 0 Å². The van der Waals surface area contributed by atoms with Crippen LogP contribution in [-0.4, -0.2) is 0 Å². The van der Waals surface area contributed by atoms with E-state index < -0.39 is 11.7 Å². The summed E-state index contributed by atoms with van der Waals surface area (Å²) in [5.41, 5.74) is 8.50. The lowest BCUT2D eigenvalue weighted by Crippen LogP contribution is -2.04. The van der Waals surface area contributed by atoms with E-state index in [1.54, 1.807) is 6.07 Å². The van der Waals surface area contributed by atoms with Crippen molar-refractivity contribution >= 4 is 5.69 Å². The molecule has 2 aromatic rings. The molecule has 1 nitrogen and oxygen atoms in total. The molecule has 0 fully saturated rings. The summed E-state index contributed by atoms with van der Waals surface area (Å²) in [6, 6.07) is 10.7. The fourth-order valence-electron chi connectivity index (χ4n) is 1.95. The zero-order valence-corrected chi connectivity index (χ0v) is 10.5. The highest BCUT2D eigenvalue weighted by Crippen LogP contribution is 2.31. The molecule has 2 aromatic carbocycles. The second-order valence-electron chi connectivity index (χ2n) is 4.34. The molecule has 0 aromatic heterocycles. The van der Waals surface area contributed by atoms with E-state index in [0.29, 0.717) is 5.69 Å². The molecule has 4 heteroatoms. The van der Waals surface area contributed by atoms with Gasteiger partial charge in [0.2, 0.25) is 0 Å². The average Bonchev–Trinajstić information content (AvgIpc) is 2.38. The van der Waals surface area contributed by atoms with Gasteiger partial charge in [0.15, 0.2) is 0 Å². The first-order chi connectivity index (χ1) is 8.91. The van der Waals surface area contributed by atoms with E-state index in [9.17, 15) is 13.2 Å². The minimum atomic E-state index is -4.30. The highest BCUT2D eigenvalue weighted by Gasteiger charge is 2.29. The van der Waals surface area contributed by atoms with Crippen LogP contribution in [0.3, 0.4) is 0 Å². The van der Waals surface area contributed by atoms with Crippen molar-refractivity contribution in [1.29, 1.82) is 0 Å². The van der Waals surface area contributed by atoms with Crippen LogP contribution in [0.2, 0.25) is 0 Å². The molecule has 0 unspecified atom stereocenters. The first-order valence-electron chi connectivity index (χ1n) is 5.98. The average molecular weight is 265 g/mol. The number of hydrogen-bond donors (Lipinski definition) is 1. The third kappa shape index (κ3) is 2.89. The number of nitrogen functional groups attached to an aromatic ring is 1. The van der Waals surface area contributed by atoms with Crippen molar-refractivity contribution in [3.63, 3.8) is 0 Å². The standard InChI is InChI=1S/C15H14F3N/c1-2-10-3-4-12(9-14(10)19)11-5-7-13(8-6-11)15(16,17)18/h3-9H,2,19H2,1H3. The zero-order valence-electron chi connectivity index (χ0n) is 10.5. The summed E-state index contributed by atoms with van der Waals surface area (Å²) < 4.78 is 37.4. The minimum Gasteiger partial charge on any atom is -0.398 e. The lowest BCUT2D eigenvalue weighted by atomic mass is 10.0. The summed E-state index contributed by atoms with van der Waals surface area (Å²) >= 11 is 0. The Morgan fingerprint density at radius 3 is 2.00 bits per heavy atom. The Hall–Kier alpha value is -1.97. The zero-order chi connectivity index (χ0) is 14.0. The Kier molecular flexibility index (Phi) is 3.51. The van der Waals surface area contributed by atoms with E-state index in [-0.39, 0.29) is 0 Å². The van der Waals surface area contributed by atoms with Crippen LogP contribution in [0.15, 0.2) is 42.5 Å². The van der Waals surface area contributed by atoms with E-state index >= 15 is 0 Å². The Labute approximate surface area is 109 Å². The van der Waals surface area contributed by atoms with Gasteiger partial charge in [0, 0.05) is 5.69 Å². The third-order valence-corrected chi connectivity index (χ3v) is 3.07. The van der Waals surface area contributed by atoms with Gasteiger partial charge in [-0.15, -0.1) is 0 Å². The fraction of sp³-hybridized carbons (Fsp3) is 0.200. The van der Waals surface area contributed by atoms with E-state index in [1.165, 1.54) is 12.1 Å². The molecule has 0 bridgehead atoms. The van der Waals surface area contributed by atoms with Gasteiger partial charge in [-0.3, -0.25) is 0 Å². The Bertz CT molecular complexity index is 571. The monoisotopic (exact) mass is 265 g/mol. The molecule has 0 aliphatic heterocycles. The molecular formula is C15H14F3N. The molecule has 0 radical (unpaired) electrons. The highest BCUT2D eigenvalue weighted by molar-refractivity contribution is 5.69. The molecule has 0 saturated carbocycles. The molecule has 2 N–H and O–H groups in total. The number of nitrogens with two attached hydrogens (primary N) is 1. The summed E-state index contributed by atoms with van der Waals surface area (Å²) in [7, 11) is 0. The van der Waals surface area contributed by atoms with Gasteiger partial charge < -0.3 is 5.73 Å². The van der Waals surface area contributed by atoms with Gasteiger partial charge in [0.1, 0.15) is 0 Å². The summed E-state index contributed by atoms with van der Waals surface area (Å²) in [4.78, 5) is 0. The van der Waals surface area contributed by atoms with Crippen LogP contribution in [0.5, 0.6) is 0 Å². The molecular weight excluding hydrogens is 251 g/mol. The van der Waals surface area contributed by atoms with E-state index in [0.717, 1.165) is 35.2 Å². The Morgan fingerprint density at radius 1 is 0.947 bits per heavy atom. The number of hydrogen-bond acceptors (Lipinski definition) is 1. The molecule has 0 heterocycles. The molecule has 0 spiro atoms. The molecule has 0 saturated heterocycles. The molecule has 19 heavy (non-hydrogen) atoms. The Morgan fingerprint density at radius 2 is 1.53 bits per heavy atom. The van der Waals surface area contributed by atoms with Crippen molar-refractivity contribution in [2.75, 3.05) is 5.73 Å². The lowest BCUT2D eigenvalue weighted by Gasteiger charge is -2.09. The highest BCUT2D eigenvalue weighted by atomic mass is 19.4. The SMILES string of the molecule is CCc1ccc(-c2ccc(C(F)(F)F)cc2)cc1N. The number of aryl methyl sites for hydroxylation is 1. The van der Waals surface area contributed by atoms with Gasteiger partial charge >= 0.3 is 6.18 Å². The fourth-order valence-corrected chi connectivity index (χ4v) is 1.95. The van der Waals surface area contributed by atoms with Crippen LogP contribution in [-0.2, 0) is 12.6 Å². The second kappa shape index (κ2) is 4.96. The van der Waals surface area contributed by atoms with Crippen molar-refractivity contribution in [2.45, 2.75) is 19.5 Å². The topological polar surface area (TPSA) is 26.0 Å². The van der Waals surface area contributed by atoms with E-state index in [2.05, 4.69) is 0 Å². The van der Waals surface area contributed by atoms with Gasteiger partial charge in [-0.1, -0.05) is 31.2 Å². The molecule has 2 rings (SSSR count). The quantitative estimate of drug-likeness (QED) is 0.794. The molecule has 0 aliphatic carbocycles. The van der Waals surface area contributed by atoms with Crippen LogP contribution in [0.4, 0.5) is 18.9 Å². The predicted molar refractivity (Wildman–Crippen MR) is 70.7 cm³/mol. The molecule has 0 atom stereocenters. The number of halogens is 3. The van der Waals surface area contributed by atoms with Crippen molar-refractivity contribution in [3.8, 4) is 11.1 Å². The van der Waals surface area contributed by atoms with Gasteiger partial charge in [0.25, 0.3) is 0 Å². The largest absolute Gasteiger partial charge is 0.416 e. The summed E-state index contributed by atoms with van der Waals surface area (Å²) in [6.45, 7) is 2.00. The summed E-state index contributed by atoms with van der Waals surface area (Å²) in [6.07, 6.45) is -3.47. The second-order valence-corrected chi connectivity index (χ2v) is 4.34. The molecule has 100 valence electrons. The number of benzene rings is 2. The van der Waals surface area contributed by atoms with Crippen molar-refractivity contribution < 1.29 is 13.2 Å². The van der Waals surface area contributed by atoms with Crippen LogP contribution >= 0.6 is 0 Å². The molecule has 0 aliphatic rings. The normalized spacial score (nSPS) is 11.6. The predicted octanol–water partition coefficient (Wildman–Crippen LogP) is 4.52. The maximum absolute atomic E-state index is 12.5. The van der Waals surface area contributed by atoms with E-state index in [1.807, 2.05) is 19.1 Å². The molecule has 0 amide bonds. The van der Waals surface area contributed by atoms with Crippen LogP contribution in [0.1, 0.15) is 18.1 Å². The number of alkyl halides is 3. The number of anilines is 1. The maximum atomic E-state index is 12.5. The lowest BCUT2D eigenvalue weighted by molar-refractivity contribution is -0.137. The Balaban J connectivity index is 2.35. The van der Waals surface area contributed by atoms with E-state index in [4.69, 9.17) is 5.73 Å². The van der Waals surface area contributed by atoms with Crippen LogP contribution in [0.25, 0.3) is 11.1 Å². The van der Waals surface area contributed by atoms with Crippen molar-refractivity contribution in [3.05, 3.63) is 53.6 Å². The van der Waals surface area contributed by atoms with Crippen molar-refractivity contribution in [2.24, 2.45) is 0 Å². The van der Waals surface area contributed by atoms with Crippen LogP contribution in [0, 0.1) is 0 Å². The third-order valence-electron chi connectivity index (χ3n) is 3.07. The maximum Gasteiger partial charge on any atom is 0.416 e. The smallest absolute Gasteiger partial charge is 0.398 e. The number of rotatable bonds is 2. The van der Waals surface area contributed by atoms with Crippen LogP contribution < -0.4 is 5.73 Å². The van der Waals surface area contributed by atoms with Gasteiger partial charge in [0.05, 0.1) is 5.56 Å². The summed E-state index contributed by atoms with van der Waals surface area (Å²) in [5, 5.41) is 0. The van der Waals surface area contributed by atoms with Gasteiger partial charge in [-0.2, -0.15) is 13.2 Å². The minimum absolute atomic E-state index is 0.644. The van der Waals surface area contributed by atoms with Crippen molar-refractivity contribution in [1.82, 2.24) is 0 Å². The first-order valence-corrected chi connectivity index (χ1v) is 5.98. The van der Waals surface area contributed by atoms with Gasteiger partial charge in [-0.05, 0) is 41.3 Å². The summed E-state index contributed by atoms with van der Waals surface area (Å²) in [5.74, 6) is 0. The first kappa shape index (κ1) is 13.5.